The Morgan fingerprint density at radius 2 is 2.19 bits per heavy atom. The van der Waals surface area contributed by atoms with E-state index in [1.54, 1.807) is 11.3 Å². The lowest BCUT2D eigenvalue weighted by Crippen LogP contribution is -2.48. The zero-order valence-electron chi connectivity index (χ0n) is 14.1. The van der Waals surface area contributed by atoms with E-state index in [1.165, 1.54) is 0 Å². The summed E-state index contributed by atoms with van der Waals surface area (Å²) >= 11 is 5.00. The van der Waals surface area contributed by atoms with E-state index in [2.05, 4.69) is 41.2 Å². The number of H-pyrrole nitrogens is 1. The SMILES string of the molecule is Cc1[nH]nc(C(=O)N2CCN(Cc3nc(-c4cccs4)no3)CC2)c1Br. The van der Waals surface area contributed by atoms with Crippen molar-refractivity contribution in [2.45, 2.75) is 13.5 Å². The van der Waals surface area contributed by atoms with Gasteiger partial charge in [0.05, 0.1) is 15.9 Å². The molecule has 0 spiro atoms. The summed E-state index contributed by atoms with van der Waals surface area (Å²) in [5.74, 6) is 1.17. The molecule has 26 heavy (non-hydrogen) atoms. The maximum absolute atomic E-state index is 12.6. The summed E-state index contributed by atoms with van der Waals surface area (Å²) in [6.07, 6.45) is 0. The van der Waals surface area contributed by atoms with Crippen molar-refractivity contribution in [3.63, 3.8) is 0 Å². The Kier molecular flexibility index (Phi) is 4.88. The highest BCUT2D eigenvalue weighted by atomic mass is 79.9. The molecule has 3 aromatic heterocycles. The van der Waals surface area contributed by atoms with Crippen LogP contribution in [0.15, 0.2) is 26.5 Å². The zero-order valence-corrected chi connectivity index (χ0v) is 16.5. The second-order valence-electron chi connectivity index (χ2n) is 6.07. The molecule has 1 saturated heterocycles. The average molecular weight is 437 g/mol. The van der Waals surface area contributed by atoms with E-state index in [1.807, 2.05) is 29.3 Å². The van der Waals surface area contributed by atoms with Crippen molar-refractivity contribution < 1.29 is 9.32 Å². The molecule has 1 amide bonds. The van der Waals surface area contributed by atoms with Crippen molar-refractivity contribution >= 4 is 33.2 Å². The minimum Gasteiger partial charge on any atom is -0.338 e. The van der Waals surface area contributed by atoms with Gasteiger partial charge in [-0.3, -0.25) is 14.8 Å². The number of hydrogen-bond acceptors (Lipinski definition) is 7. The van der Waals surface area contributed by atoms with Crippen LogP contribution >= 0.6 is 27.3 Å². The second-order valence-corrected chi connectivity index (χ2v) is 7.81. The molecule has 4 rings (SSSR count). The quantitative estimate of drug-likeness (QED) is 0.675. The van der Waals surface area contributed by atoms with Gasteiger partial charge >= 0.3 is 0 Å². The van der Waals surface area contributed by atoms with Crippen LogP contribution < -0.4 is 0 Å². The number of nitrogens with zero attached hydrogens (tertiary/aromatic N) is 5. The van der Waals surface area contributed by atoms with Crippen LogP contribution in [0.25, 0.3) is 10.7 Å². The fourth-order valence-corrected chi connectivity index (χ4v) is 3.83. The average Bonchev–Trinajstić information content (AvgIpc) is 3.38. The number of piperazine rings is 1. The number of aromatic amines is 1. The third-order valence-electron chi connectivity index (χ3n) is 4.30. The monoisotopic (exact) mass is 436 g/mol. The fraction of sp³-hybridized carbons (Fsp3) is 0.375. The normalized spacial score (nSPS) is 15.5. The van der Waals surface area contributed by atoms with E-state index in [-0.39, 0.29) is 5.91 Å². The highest BCUT2D eigenvalue weighted by Gasteiger charge is 2.26. The number of carbonyl (C=O) groups is 1. The number of carbonyl (C=O) groups excluding carboxylic acids is 1. The van der Waals surface area contributed by atoms with Gasteiger partial charge in [0.2, 0.25) is 11.7 Å². The Balaban J connectivity index is 1.34. The number of halogens is 1. The topological polar surface area (TPSA) is 91.2 Å². The molecule has 0 aromatic carbocycles. The highest BCUT2D eigenvalue weighted by molar-refractivity contribution is 9.10. The number of aromatic nitrogens is 4. The Bertz CT molecular complexity index is 898. The molecule has 0 atom stereocenters. The summed E-state index contributed by atoms with van der Waals surface area (Å²) in [6, 6.07) is 3.93. The molecular formula is C16H17BrN6O2S. The van der Waals surface area contributed by atoms with Gasteiger partial charge in [0.25, 0.3) is 5.91 Å². The van der Waals surface area contributed by atoms with E-state index >= 15 is 0 Å². The Morgan fingerprint density at radius 3 is 2.85 bits per heavy atom. The fourth-order valence-electron chi connectivity index (χ4n) is 2.83. The van der Waals surface area contributed by atoms with E-state index in [0.29, 0.717) is 37.0 Å². The molecule has 8 nitrogen and oxygen atoms in total. The van der Waals surface area contributed by atoms with Gasteiger partial charge in [-0.25, -0.2) is 0 Å². The number of thiophene rings is 1. The first kappa shape index (κ1) is 17.4. The van der Waals surface area contributed by atoms with Crippen molar-refractivity contribution in [3.8, 4) is 10.7 Å². The summed E-state index contributed by atoms with van der Waals surface area (Å²) in [7, 11) is 0. The summed E-state index contributed by atoms with van der Waals surface area (Å²) in [5.41, 5.74) is 1.29. The van der Waals surface area contributed by atoms with Crippen molar-refractivity contribution in [2.24, 2.45) is 0 Å². The van der Waals surface area contributed by atoms with Crippen LogP contribution in [0.4, 0.5) is 0 Å². The molecule has 1 fully saturated rings. The maximum atomic E-state index is 12.6. The first-order chi connectivity index (χ1) is 12.6. The molecule has 3 aromatic rings. The molecule has 0 saturated carbocycles. The molecule has 0 aliphatic carbocycles. The van der Waals surface area contributed by atoms with Crippen LogP contribution in [0.2, 0.25) is 0 Å². The van der Waals surface area contributed by atoms with Crippen LogP contribution in [0.3, 0.4) is 0 Å². The Morgan fingerprint density at radius 1 is 1.38 bits per heavy atom. The third kappa shape index (κ3) is 3.44. The third-order valence-corrected chi connectivity index (χ3v) is 6.14. The van der Waals surface area contributed by atoms with Crippen LogP contribution in [0.1, 0.15) is 22.1 Å². The number of hydrogen-bond donors (Lipinski definition) is 1. The molecule has 136 valence electrons. The minimum absolute atomic E-state index is 0.0568. The standard InChI is InChI=1S/C16H17BrN6O2S/c1-10-13(17)14(20-19-10)16(24)23-6-4-22(5-7-23)9-12-18-15(21-25-12)11-3-2-8-26-11/h2-3,8H,4-7,9H2,1H3,(H,19,20). The molecule has 4 heterocycles. The van der Waals surface area contributed by atoms with E-state index < -0.39 is 0 Å². The van der Waals surface area contributed by atoms with Crippen molar-refractivity contribution in [1.82, 2.24) is 30.1 Å². The highest BCUT2D eigenvalue weighted by Crippen LogP contribution is 2.22. The number of rotatable bonds is 4. The second kappa shape index (κ2) is 7.29. The van der Waals surface area contributed by atoms with Crippen LogP contribution in [0, 0.1) is 6.92 Å². The molecular weight excluding hydrogens is 420 g/mol. The van der Waals surface area contributed by atoms with Gasteiger partial charge in [0, 0.05) is 31.9 Å². The molecule has 0 radical (unpaired) electrons. The van der Waals surface area contributed by atoms with Gasteiger partial charge in [-0.1, -0.05) is 11.2 Å². The molecule has 0 bridgehead atoms. The van der Waals surface area contributed by atoms with E-state index in [9.17, 15) is 4.79 Å². The Labute approximate surface area is 162 Å². The largest absolute Gasteiger partial charge is 0.338 e. The lowest BCUT2D eigenvalue weighted by Gasteiger charge is -2.33. The first-order valence-corrected chi connectivity index (χ1v) is 9.87. The van der Waals surface area contributed by atoms with Gasteiger partial charge < -0.3 is 9.42 Å². The lowest BCUT2D eigenvalue weighted by molar-refractivity contribution is 0.0608. The summed E-state index contributed by atoms with van der Waals surface area (Å²) in [4.78, 5) is 22.1. The Hall–Kier alpha value is -2.04. The van der Waals surface area contributed by atoms with E-state index in [4.69, 9.17) is 4.52 Å². The summed E-state index contributed by atoms with van der Waals surface area (Å²) in [5, 5.41) is 12.9. The summed E-state index contributed by atoms with van der Waals surface area (Å²) < 4.78 is 6.09. The molecule has 10 heteroatoms. The van der Waals surface area contributed by atoms with Crippen LogP contribution in [0.5, 0.6) is 0 Å². The molecule has 0 unspecified atom stereocenters. The van der Waals surface area contributed by atoms with Crippen molar-refractivity contribution in [2.75, 3.05) is 26.2 Å². The first-order valence-electron chi connectivity index (χ1n) is 8.20. The smallest absolute Gasteiger partial charge is 0.275 e. The minimum atomic E-state index is -0.0568. The van der Waals surface area contributed by atoms with E-state index in [0.717, 1.165) is 28.1 Å². The predicted octanol–water partition coefficient (Wildman–Crippen LogP) is 2.55. The van der Waals surface area contributed by atoms with Crippen LogP contribution in [-0.4, -0.2) is 62.2 Å². The number of amides is 1. The van der Waals surface area contributed by atoms with Gasteiger partial charge in [0.15, 0.2) is 5.69 Å². The molecule has 1 aliphatic heterocycles. The van der Waals surface area contributed by atoms with Gasteiger partial charge in [-0.2, -0.15) is 10.1 Å². The van der Waals surface area contributed by atoms with Crippen molar-refractivity contribution in [1.29, 1.82) is 0 Å². The maximum Gasteiger partial charge on any atom is 0.275 e. The van der Waals surface area contributed by atoms with Gasteiger partial charge in [-0.15, -0.1) is 11.3 Å². The summed E-state index contributed by atoms with van der Waals surface area (Å²) in [6.45, 7) is 5.26. The number of aryl methyl sites for hydroxylation is 1. The van der Waals surface area contributed by atoms with Gasteiger partial charge in [-0.05, 0) is 34.3 Å². The molecule has 1 N–H and O–H groups in total. The van der Waals surface area contributed by atoms with Crippen LogP contribution in [-0.2, 0) is 6.54 Å². The zero-order chi connectivity index (χ0) is 18.1. The lowest BCUT2D eigenvalue weighted by atomic mass is 10.2. The predicted molar refractivity (Wildman–Crippen MR) is 99.8 cm³/mol. The molecule has 1 aliphatic rings. The van der Waals surface area contributed by atoms with Gasteiger partial charge in [0.1, 0.15) is 0 Å². The van der Waals surface area contributed by atoms with Crippen molar-refractivity contribution in [3.05, 3.63) is 39.3 Å². The number of nitrogens with one attached hydrogen (secondary N) is 1.